The molecule has 0 aromatic carbocycles. The molecule has 0 aliphatic heterocycles. The quantitative estimate of drug-likeness (QED) is 0.627. The molecule has 1 amide bonds. The summed E-state index contributed by atoms with van der Waals surface area (Å²) < 4.78 is 0. The number of hydrogen-bond acceptors (Lipinski definition) is 3. The van der Waals surface area contributed by atoms with Gasteiger partial charge in [-0.05, 0) is 12.8 Å². The number of carboxylic acids is 1. The molecule has 0 saturated heterocycles. The lowest BCUT2D eigenvalue weighted by atomic mass is 9.95. The van der Waals surface area contributed by atoms with Gasteiger partial charge in [-0.25, -0.2) is 0 Å². The van der Waals surface area contributed by atoms with Crippen molar-refractivity contribution in [3.05, 3.63) is 0 Å². The fourth-order valence-electron chi connectivity index (χ4n) is 1.83. The smallest absolute Gasteiger partial charge is 0.307 e. The molecule has 0 bridgehead atoms. The van der Waals surface area contributed by atoms with E-state index in [0.717, 1.165) is 6.42 Å². The van der Waals surface area contributed by atoms with Crippen LogP contribution >= 0.6 is 0 Å². The third kappa shape index (κ3) is 2.22. The van der Waals surface area contributed by atoms with Crippen molar-refractivity contribution in [2.24, 2.45) is 11.8 Å². The van der Waals surface area contributed by atoms with Crippen LogP contribution in [0.2, 0.25) is 0 Å². The first-order valence-corrected chi connectivity index (χ1v) is 4.54. The van der Waals surface area contributed by atoms with Gasteiger partial charge in [0.1, 0.15) is 6.54 Å². The lowest BCUT2D eigenvalue weighted by Crippen LogP contribution is -2.35. The summed E-state index contributed by atoms with van der Waals surface area (Å²) in [5, 5.41) is 19.5. The average molecular weight is 196 g/mol. The van der Waals surface area contributed by atoms with Gasteiger partial charge in [0.2, 0.25) is 5.91 Å². The Kier molecular flexibility index (Phi) is 3.46. The van der Waals surface area contributed by atoms with E-state index < -0.39 is 17.8 Å². The average Bonchev–Trinajstić information content (AvgIpc) is 2.62. The number of amides is 1. The summed E-state index contributed by atoms with van der Waals surface area (Å²) in [6, 6.07) is 1.79. The van der Waals surface area contributed by atoms with E-state index in [4.69, 9.17) is 10.4 Å². The summed E-state index contributed by atoms with van der Waals surface area (Å²) >= 11 is 0. The van der Waals surface area contributed by atoms with Gasteiger partial charge in [-0.3, -0.25) is 9.59 Å². The Hall–Kier alpha value is -1.57. The number of nitrogens with one attached hydrogen (secondary N) is 1. The van der Waals surface area contributed by atoms with E-state index in [2.05, 4.69) is 5.32 Å². The molecular formula is C9H12N2O3. The maximum atomic E-state index is 11.4. The third-order valence-electron chi connectivity index (χ3n) is 2.51. The van der Waals surface area contributed by atoms with Gasteiger partial charge in [-0.1, -0.05) is 6.42 Å². The molecule has 1 fully saturated rings. The lowest BCUT2D eigenvalue weighted by Gasteiger charge is -2.13. The molecule has 0 spiro atoms. The Labute approximate surface area is 81.7 Å². The van der Waals surface area contributed by atoms with Crippen molar-refractivity contribution in [2.45, 2.75) is 19.3 Å². The molecule has 1 aliphatic rings. The molecule has 5 heteroatoms. The number of nitriles is 1. The van der Waals surface area contributed by atoms with Crippen LogP contribution in [-0.4, -0.2) is 23.5 Å². The zero-order valence-corrected chi connectivity index (χ0v) is 7.69. The second-order valence-corrected chi connectivity index (χ2v) is 3.36. The predicted molar refractivity (Wildman–Crippen MR) is 47.1 cm³/mol. The molecule has 1 rings (SSSR count). The highest BCUT2D eigenvalue weighted by atomic mass is 16.4. The summed E-state index contributed by atoms with van der Waals surface area (Å²) in [6.45, 7) is -0.0539. The van der Waals surface area contributed by atoms with Crippen molar-refractivity contribution in [3.8, 4) is 6.07 Å². The topological polar surface area (TPSA) is 90.2 Å². The first-order chi connectivity index (χ1) is 6.66. The highest BCUT2D eigenvalue weighted by Crippen LogP contribution is 2.31. The summed E-state index contributed by atoms with van der Waals surface area (Å²) in [5.74, 6) is -2.26. The molecule has 2 atom stereocenters. The van der Waals surface area contributed by atoms with Crippen molar-refractivity contribution in [1.29, 1.82) is 5.26 Å². The van der Waals surface area contributed by atoms with Crippen LogP contribution in [-0.2, 0) is 9.59 Å². The van der Waals surface area contributed by atoms with Gasteiger partial charge in [0, 0.05) is 0 Å². The van der Waals surface area contributed by atoms with Crippen LogP contribution in [0.25, 0.3) is 0 Å². The maximum Gasteiger partial charge on any atom is 0.307 e. The highest BCUT2D eigenvalue weighted by Gasteiger charge is 2.37. The van der Waals surface area contributed by atoms with Crippen molar-refractivity contribution in [2.75, 3.05) is 6.54 Å². The number of aliphatic carboxylic acids is 1. The summed E-state index contributed by atoms with van der Waals surface area (Å²) in [4.78, 5) is 22.1. The van der Waals surface area contributed by atoms with Gasteiger partial charge in [0.15, 0.2) is 0 Å². The molecule has 5 nitrogen and oxygen atoms in total. The minimum absolute atomic E-state index is 0.0539. The summed E-state index contributed by atoms with van der Waals surface area (Å²) in [7, 11) is 0. The van der Waals surface area contributed by atoms with Crippen LogP contribution in [0, 0.1) is 23.2 Å². The Morgan fingerprint density at radius 3 is 2.64 bits per heavy atom. The second-order valence-electron chi connectivity index (χ2n) is 3.36. The number of carboxylic acid groups (broad SMARTS) is 1. The van der Waals surface area contributed by atoms with Gasteiger partial charge >= 0.3 is 5.97 Å². The molecule has 0 radical (unpaired) electrons. The van der Waals surface area contributed by atoms with Gasteiger partial charge in [0.05, 0.1) is 17.9 Å². The minimum atomic E-state index is -0.917. The Balaban J connectivity index is 2.54. The maximum absolute atomic E-state index is 11.4. The van der Waals surface area contributed by atoms with Crippen LogP contribution in [0.1, 0.15) is 19.3 Å². The Morgan fingerprint density at radius 1 is 1.43 bits per heavy atom. The van der Waals surface area contributed by atoms with E-state index in [1.165, 1.54) is 0 Å². The third-order valence-corrected chi connectivity index (χ3v) is 2.51. The molecule has 1 aliphatic carbocycles. The van der Waals surface area contributed by atoms with Crippen molar-refractivity contribution >= 4 is 11.9 Å². The molecule has 1 saturated carbocycles. The molecule has 0 unspecified atom stereocenters. The van der Waals surface area contributed by atoms with E-state index in [1.54, 1.807) is 6.07 Å². The van der Waals surface area contributed by atoms with E-state index in [0.29, 0.717) is 12.8 Å². The molecule has 76 valence electrons. The van der Waals surface area contributed by atoms with Crippen LogP contribution in [0.4, 0.5) is 0 Å². The lowest BCUT2D eigenvalue weighted by molar-refractivity contribution is -0.146. The Bertz CT molecular complexity index is 282. The number of carbonyl (C=O) groups excluding carboxylic acids is 1. The SMILES string of the molecule is N#CCNC(=O)[C@@H]1CCC[C@@H]1C(=O)O. The second kappa shape index (κ2) is 4.61. The summed E-state index contributed by atoms with van der Waals surface area (Å²) in [6.07, 6.45) is 1.93. The van der Waals surface area contributed by atoms with E-state index in [1.807, 2.05) is 0 Å². The van der Waals surface area contributed by atoms with E-state index in [9.17, 15) is 9.59 Å². The van der Waals surface area contributed by atoms with Crippen LogP contribution in [0.15, 0.2) is 0 Å². The number of carbonyl (C=O) groups is 2. The first-order valence-electron chi connectivity index (χ1n) is 4.54. The molecule has 2 N–H and O–H groups in total. The van der Waals surface area contributed by atoms with Gasteiger partial charge < -0.3 is 10.4 Å². The normalized spacial score (nSPS) is 25.4. The largest absolute Gasteiger partial charge is 0.481 e. The number of nitrogens with zero attached hydrogens (tertiary/aromatic N) is 1. The van der Waals surface area contributed by atoms with Crippen molar-refractivity contribution in [1.82, 2.24) is 5.32 Å². The standard InChI is InChI=1S/C9H12N2O3/c10-4-5-11-8(12)6-2-1-3-7(6)9(13)14/h6-7H,1-3,5H2,(H,11,12)(H,13,14)/t6-,7+/m1/s1. The van der Waals surface area contributed by atoms with Crippen molar-refractivity contribution < 1.29 is 14.7 Å². The van der Waals surface area contributed by atoms with E-state index >= 15 is 0 Å². The predicted octanol–water partition coefficient (Wildman–Crippen LogP) is 0.127. The summed E-state index contributed by atoms with van der Waals surface area (Å²) in [5.41, 5.74) is 0. The fraction of sp³-hybridized carbons (Fsp3) is 0.667. The zero-order chi connectivity index (χ0) is 10.6. The monoisotopic (exact) mass is 196 g/mol. The number of rotatable bonds is 3. The molecule has 0 aromatic heterocycles. The Morgan fingerprint density at radius 2 is 2.07 bits per heavy atom. The van der Waals surface area contributed by atoms with Gasteiger partial charge in [0.25, 0.3) is 0 Å². The molecule has 0 heterocycles. The van der Waals surface area contributed by atoms with Gasteiger partial charge in [-0.2, -0.15) is 5.26 Å². The minimum Gasteiger partial charge on any atom is -0.481 e. The molecule has 0 aromatic rings. The number of hydrogen-bond donors (Lipinski definition) is 2. The zero-order valence-electron chi connectivity index (χ0n) is 7.69. The fourth-order valence-corrected chi connectivity index (χ4v) is 1.83. The van der Waals surface area contributed by atoms with Crippen LogP contribution in [0.5, 0.6) is 0 Å². The first kappa shape index (κ1) is 10.5. The molecule has 14 heavy (non-hydrogen) atoms. The van der Waals surface area contributed by atoms with Crippen molar-refractivity contribution in [3.63, 3.8) is 0 Å². The van der Waals surface area contributed by atoms with E-state index in [-0.39, 0.29) is 12.5 Å². The van der Waals surface area contributed by atoms with Crippen LogP contribution < -0.4 is 5.32 Å². The molecular weight excluding hydrogens is 184 g/mol. The van der Waals surface area contributed by atoms with Crippen LogP contribution in [0.3, 0.4) is 0 Å². The van der Waals surface area contributed by atoms with Gasteiger partial charge in [-0.15, -0.1) is 0 Å². The highest BCUT2D eigenvalue weighted by molar-refractivity contribution is 5.85.